The van der Waals surface area contributed by atoms with Crippen LogP contribution in [0.2, 0.25) is 0 Å². The largest absolute Gasteiger partial charge is 0.285 e. The van der Waals surface area contributed by atoms with Gasteiger partial charge in [0.15, 0.2) is 0 Å². The summed E-state index contributed by atoms with van der Waals surface area (Å²) in [4.78, 5) is 4.26. The number of hydrogen-bond donors (Lipinski definition) is 1. The molecule has 2 rings (SSSR count). The zero-order valence-electron chi connectivity index (χ0n) is 10.8. The normalized spacial score (nSPS) is 8.31. The topological polar surface area (TPSA) is 41.6 Å². The van der Waals surface area contributed by atoms with Crippen LogP contribution in [-0.4, -0.2) is 15.2 Å². The van der Waals surface area contributed by atoms with Crippen molar-refractivity contribution < 1.29 is 0 Å². The zero-order chi connectivity index (χ0) is 12.4. The fourth-order valence-electron chi connectivity index (χ4n) is 1.03. The number of hydrogen-bond acceptors (Lipinski definition) is 2. The number of H-pyrrole nitrogens is 1. The van der Waals surface area contributed by atoms with Crippen LogP contribution >= 0.6 is 0 Å². The van der Waals surface area contributed by atoms with Gasteiger partial charge in [-0.1, -0.05) is 33.8 Å². The second kappa shape index (κ2) is 8.65. The van der Waals surface area contributed by atoms with Gasteiger partial charge in [-0.2, -0.15) is 5.10 Å². The smallest absolute Gasteiger partial charge is 0.0733 e. The summed E-state index contributed by atoms with van der Waals surface area (Å²) in [5.41, 5.74) is 3.14. The molecule has 0 saturated carbocycles. The summed E-state index contributed by atoms with van der Waals surface area (Å²) in [6.07, 6.45) is 5.44. The summed E-state index contributed by atoms with van der Waals surface area (Å²) in [5, 5.41) is 6.61. The minimum absolute atomic E-state index is 0.953. The number of aromatic amines is 1. The maximum atomic E-state index is 4.26. The van der Waals surface area contributed by atoms with Crippen molar-refractivity contribution in [3.05, 3.63) is 36.3 Å². The molecule has 88 valence electrons. The molecular weight excluding hydrogens is 198 g/mol. The number of nitrogens with zero attached hydrogens (tertiary/aromatic N) is 2. The van der Waals surface area contributed by atoms with Gasteiger partial charge in [0.1, 0.15) is 0 Å². The van der Waals surface area contributed by atoms with Crippen LogP contribution in [0.3, 0.4) is 0 Å². The zero-order valence-corrected chi connectivity index (χ0v) is 10.8. The Morgan fingerprint density at radius 3 is 2.12 bits per heavy atom. The van der Waals surface area contributed by atoms with E-state index in [-0.39, 0.29) is 0 Å². The van der Waals surface area contributed by atoms with Crippen molar-refractivity contribution in [2.75, 3.05) is 0 Å². The van der Waals surface area contributed by atoms with Gasteiger partial charge in [0.05, 0.1) is 11.9 Å². The standard InChI is InChI=1S/C9H9N3.2C2H6/c1-7-2-3-9(10-4-7)8-5-11-12-6-8;2*1-2/h2-6H,1H3,(H,11,12);2*1-2H3. The second-order valence-corrected chi connectivity index (χ2v) is 2.71. The van der Waals surface area contributed by atoms with E-state index in [1.165, 1.54) is 5.56 Å². The molecule has 0 aliphatic heterocycles. The highest BCUT2D eigenvalue weighted by atomic mass is 15.1. The summed E-state index contributed by atoms with van der Waals surface area (Å²) in [7, 11) is 0. The Morgan fingerprint density at radius 1 is 1.00 bits per heavy atom. The van der Waals surface area contributed by atoms with Gasteiger partial charge in [0.2, 0.25) is 0 Å². The first-order valence-corrected chi connectivity index (χ1v) is 5.78. The third kappa shape index (κ3) is 4.26. The fourth-order valence-corrected chi connectivity index (χ4v) is 1.03. The molecule has 0 radical (unpaired) electrons. The molecule has 3 heteroatoms. The van der Waals surface area contributed by atoms with Crippen LogP contribution in [0.4, 0.5) is 0 Å². The van der Waals surface area contributed by atoms with E-state index in [1.54, 1.807) is 6.20 Å². The van der Waals surface area contributed by atoms with Gasteiger partial charge in [0.25, 0.3) is 0 Å². The van der Waals surface area contributed by atoms with Crippen LogP contribution in [0.25, 0.3) is 11.3 Å². The maximum absolute atomic E-state index is 4.26. The van der Waals surface area contributed by atoms with Crippen molar-refractivity contribution in [1.82, 2.24) is 15.2 Å². The Balaban J connectivity index is 0.000000509. The van der Waals surface area contributed by atoms with Crippen LogP contribution in [-0.2, 0) is 0 Å². The van der Waals surface area contributed by atoms with Crippen LogP contribution in [0.1, 0.15) is 33.3 Å². The molecule has 0 bridgehead atoms. The molecule has 0 amide bonds. The molecule has 1 N–H and O–H groups in total. The third-order valence-electron chi connectivity index (χ3n) is 1.71. The Hall–Kier alpha value is -1.64. The molecule has 2 heterocycles. The van der Waals surface area contributed by atoms with Crippen LogP contribution in [0.5, 0.6) is 0 Å². The van der Waals surface area contributed by atoms with Gasteiger partial charge < -0.3 is 0 Å². The molecule has 16 heavy (non-hydrogen) atoms. The Kier molecular flexibility index (Phi) is 7.76. The summed E-state index contributed by atoms with van der Waals surface area (Å²) in [6, 6.07) is 4.02. The van der Waals surface area contributed by atoms with Crippen LogP contribution in [0, 0.1) is 6.92 Å². The average molecular weight is 219 g/mol. The number of pyridine rings is 1. The van der Waals surface area contributed by atoms with Crippen LogP contribution < -0.4 is 0 Å². The highest BCUT2D eigenvalue weighted by Gasteiger charge is 1.97. The predicted octanol–water partition coefficient (Wildman–Crippen LogP) is 3.83. The van der Waals surface area contributed by atoms with Gasteiger partial charge in [-0.15, -0.1) is 0 Å². The molecule has 0 unspecified atom stereocenters. The van der Waals surface area contributed by atoms with Gasteiger partial charge in [-0.05, 0) is 18.6 Å². The Labute approximate surface area is 97.9 Å². The molecule has 0 saturated heterocycles. The van der Waals surface area contributed by atoms with E-state index in [0.29, 0.717) is 0 Å². The first kappa shape index (κ1) is 14.4. The van der Waals surface area contributed by atoms with E-state index in [2.05, 4.69) is 15.2 Å². The lowest BCUT2D eigenvalue weighted by molar-refractivity contribution is 1.09. The molecule has 0 fully saturated rings. The first-order chi connectivity index (χ1) is 7.86. The van der Waals surface area contributed by atoms with Gasteiger partial charge in [-0.3, -0.25) is 10.1 Å². The summed E-state index contributed by atoms with van der Waals surface area (Å²) < 4.78 is 0. The summed E-state index contributed by atoms with van der Waals surface area (Å²) >= 11 is 0. The van der Waals surface area contributed by atoms with Crippen molar-refractivity contribution in [3.63, 3.8) is 0 Å². The van der Waals surface area contributed by atoms with E-state index in [4.69, 9.17) is 0 Å². The van der Waals surface area contributed by atoms with E-state index in [9.17, 15) is 0 Å². The predicted molar refractivity (Wildman–Crippen MR) is 69.3 cm³/mol. The van der Waals surface area contributed by atoms with Crippen molar-refractivity contribution >= 4 is 0 Å². The minimum atomic E-state index is 0.953. The highest BCUT2D eigenvalue weighted by molar-refractivity contribution is 5.56. The second-order valence-electron chi connectivity index (χ2n) is 2.71. The van der Waals surface area contributed by atoms with Gasteiger partial charge in [-0.25, -0.2) is 0 Å². The van der Waals surface area contributed by atoms with Crippen molar-refractivity contribution in [1.29, 1.82) is 0 Å². The molecule has 0 aliphatic rings. The fraction of sp³-hybridized carbons (Fsp3) is 0.385. The van der Waals surface area contributed by atoms with Crippen molar-refractivity contribution in [3.8, 4) is 11.3 Å². The van der Waals surface area contributed by atoms with Crippen molar-refractivity contribution in [2.45, 2.75) is 34.6 Å². The van der Waals surface area contributed by atoms with Gasteiger partial charge >= 0.3 is 0 Å². The summed E-state index contributed by atoms with van der Waals surface area (Å²) in [5.74, 6) is 0. The minimum Gasteiger partial charge on any atom is -0.285 e. The molecule has 0 atom stereocenters. The number of nitrogens with one attached hydrogen (secondary N) is 1. The molecule has 0 spiro atoms. The molecule has 2 aromatic rings. The SMILES string of the molecule is CC.CC.Cc1ccc(-c2cn[nH]c2)nc1. The Morgan fingerprint density at radius 2 is 1.69 bits per heavy atom. The lowest BCUT2D eigenvalue weighted by Gasteiger charge is -1.95. The quantitative estimate of drug-likeness (QED) is 0.792. The molecule has 0 aliphatic carbocycles. The lowest BCUT2D eigenvalue weighted by atomic mass is 10.2. The monoisotopic (exact) mass is 219 g/mol. The molecular formula is C13H21N3. The number of aryl methyl sites for hydroxylation is 1. The molecule has 3 nitrogen and oxygen atoms in total. The highest BCUT2D eigenvalue weighted by Crippen LogP contribution is 2.13. The van der Waals surface area contributed by atoms with E-state index in [1.807, 2.05) is 59.1 Å². The van der Waals surface area contributed by atoms with Crippen molar-refractivity contribution in [2.24, 2.45) is 0 Å². The molecule has 2 aromatic heterocycles. The average Bonchev–Trinajstić information content (AvgIpc) is 2.89. The van der Waals surface area contributed by atoms with E-state index >= 15 is 0 Å². The maximum Gasteiger partial charge on any atom is 0.0733 e. The van der Waals surface area contributed by atoms with Crippen LogP contribution in [0.15, 0.2) is 30.7 Å². The Bertz CT molecular complexity index is 349. The van der Waals surface area contributed by atoms with E-state index in [0.717, 1.165) is 11.3 Å². The first-order valence-electron chi connectivity index (χ1n) is 5.78. The lowest BCUT2D eigenvalue weighted by Crippen LogP contribution is -1.80. The summed E-state index contributed by atoms with van der Waals surface area (Å²) in [6.45, 7) is 10.0. The molecule has 0 aromatic carbocycles. The van der Waals surface area contributed by atoms with E-state index < -0.39 is 0 Å². The third-order valence-corrected chi connectivity index (χ3v) is 1.71. The number of rotatable bonds is 1. The number of aromatic nitrogens is 3. The van der Waals surface area contributed by atoms with Gasteiger partial charge in [0, 0.05) is 18.0 Å².